The summed E-state index contributed by atoms with van der Waals surface area (Å²) in [5.74, 6) is 1.11. The largest absolute Gasteiger partial charge is 0.497 e. The van der Waals surface area contributed by atoms with E-state index in [9.17, 15) is 18.0 Å². The molecule has 1 aliphatic rings. The smallest absolute Gasteiger partial charge is 0.416 e. The first-order valence-electron chi connectivity index (χ1n) is 9.29. The fraction of sp³-hybridized carbons (Fsp3) is 0.381. The van der Waals surface area contributed by atoms with Gasteiger partial charge < -0.3 is 19.3 Å². The minimum atomic E-state index is -4.37. The van der Waals surface area contributed by atoms with Crippen LogP contribution in [0.2, 0.25) is 0 Å². The molecule has 156 valence electrons. The van der Waals surface area contributed by atoms with Crippen molar-refractivity contribution in [3.63, 3.8) is 0 Å². The first-order chi connectivity index (χ1) is 13.8. The first kappa shape index (κ1) is 20.8. The SMILES string of the molecule is COc1ccc(O[C@@H](C)C(=O)N2CCN(c3cccc(C(F)(F)F)c3)CC2)cc1. The maximum Gasteiger partial charge on any atom is 0.416 e. The zero-order valence-corrected chi connectivity index (χ0v) is 16.3. The highest BCUT2D eigenvalue weighted by molar-refractivity contribution is 5.81. The van der Waals surface area contributed by atoms with Crippen molar-refractivity contribution in [2.75, 3.05) is 38.2 Å². The number of piperazine rings is 1. The molecule has 0 aliphatic carbocycles. The second-order valence-electron chi connectivity index (χ2n) is 6.80. The molecule has 0 aromatic heterocycles. The van der Waals surface area contributed by atoms with Crippen LogP contribution in [0.3, 0.4) is 0 Å². The first-order valence-corrected chi connectivity index (χ1v) is 9.29. The molecule has 0 N–H and O–H groups in total. The van der Waals surface area contributed by atoms with Gasteiger partial charge in [0.2, 0.25) is 0 Å². The van der Waals surface area contributed by atoms with Gasteiger partial charge in [-0.2, -0.15) is 13.2 Å². The number of nitrogens with zero attached hydrogens (tertiary/aromatic N) is 2. The van der Waals surface area contributed by atoms with E-state index in [0.717, 1.165) is 12.1 Å². The van der Waals surface area contributed by atoms with Crippen molar-refractivity contribution in [1.29, 1.82) is 0 Å². The van der Waals surface area contributed by atoms with Gasteiger partial charge in [-0.25, -0.2) is 0 Å². The molecule has 0 bridgehead atoms. The van der Waals surface area contributed by atoms with Crippen molar-refractivity contribution in [3.05, 3.63) is 54.1 Å². The number of halogens is 3. The van der Waals surface area contributed by atoms with E-state index in [1.54, 1.807) is 49.3 Å². The molecular weight excluding hydrogens is 385 g/mol. The number of carbonyl (C=O) groups excluding carboxylic acids is 1. The summed E-state index contributed by atoms with van der Waals surface area (Å²) in [6, 6.07) is 12.2. The van der Waals surface area contributed by atoms with E-state index >= 15 is 0 Å². The molecular formula is C21H23F3N2O3. The van der Waals surface area contributed by atoms with Gasteiger partial charge in [0.25, 0.3) is 5.91 Å². The molecule has 29 heavy (non-hydrogen) atoms. The molecule has 1 saturated heterocycles. The van der Waals surface area contributed by atoms with Crippen LogP contribution in [0, 0.1) is 0 Å². The Labute approximate surface area is 167 Å². The summed E-state index contributed by atoms with van der Waals surface area (Å²) >= 11 is 0. The van der Waals surface area contributed by atoms with Crippen molar-refractivity contribution in [2.45, 2.75) is 19.2 Å². The number of hydrogen-bond donors (Lipinski definition) is 0. The van der Waals surface area contributed by atoms with Gasteiger partial charge in [-0.15, -0.1) is 0 Å². The summed E-state index contributed by atoms with van der Waals surface area (Å²) in [5.41, 5.74) is -0.163. The number of hydrogen-bond acceptors (Lipinski definition) is 4. The van der Waals surface area contributed by atoms with Gasteiger partial charge in [0, 0.05) is 31.9 Å². The van der Waals surface area contributed by atoms with Crippen LogP contribution in [-0.2, 0) is 11.0 Å². The normalized spacial score (nSPS) is 15.8. The molecule has 0 saturated carbocycles. The lowest BCUT2D eigenvalue weighted by Gasteiger charge is -2.37. The van der Waals surface area contributed by atoms with Crippen LogP contribution in [0.5, 0.6) is 11.5 Å². The van der Waals surface area contributed by atoms with E-state index in [-0.39, 0.29) is 5.91 Å². The van der Waals surface area contributed by atoms with Crippen molar-refractivity contribution < 1.29 is 27.4 Å². The number of alkyl halides is 3. The van der Waals surface area contributed by atoms with Crippen LogP contribution in [0.1, 0.15) is 12.5 Å². The minimum Gasteiger partial charge on any atom is -0.497 e. The van der Waals surface area contributed by atoms with Crippen molar-refractivity contribution in [3.8, 4) is 11.5 Å². The molecule has 1 amide bonds. The van der Waals surface area contributed by atoms with Crippen LogP contribution in [0.15, 0.2) is 48.5 Å². The lowest BCUT2D eigenvalue weighted by atomic mass is 10.1. The molecule has 2 aromatic rings. The molecule has 0 unspecified atom stereocenters. The molecule has 1 aliphatic heterocycles. The second kappa shape index (κ2) is 8.63. The molecule has 5 nitrogen and oxygen atoms in total. The van der Waals surface area contributed by atoms with E-state index in [0.29, 0.717) is 43.4 Å². The van der Waals surface area contributed by atoms with Gasteiger partial charge in [0.1, 0.15) is 11.5 Å². The number of carbonyl (C=O) groups is 1. The molecule has 2 aromatic carbocycles. The average Bonchev–Trinajstić information content (AvgIpc) is 2.73. The summed E-state index contributed by atoms with van der Waals surface area (Å²) in [7, 11) is 1.57. The highest BCUT2D eigenvalue weighted by Gasteiger charge is 2.31. The van der Waals surface area contributed by atoms with Gasteiger partial charge in [0.15, 0.2) is 6.10 Å². The summed E-state index contributed by atoms with van der Waals surface area (Å²) in [4.78, 5) is 16.2. The standard InChI is InChI=1S/C21H23F3N2O3/c1-15(29-19-8-6-18(28-2)7-9-19)20(27)26-12-10-25(11-13-26)17-5-3-4-16(14-17)21(22,23)24/h3-9,14-15H,10-13H2,1-2H3/t15-/m0/s1. The fourth-order valence-corrected chi connectivity index (χ4v) is 3.23. The Balaban J connectivity index is 1.56. The van der Waals surface area contributed by atoms with Gasteiger partial charge in [0.05, 0.1) is 12.7 Å². The summed E-state index contributed by atoms with van der Waals surface area (Å²) in [5, 5.41) is 0. The van der Waals surface area contributed by atoms with Crippen molar-refractivity contribution >= 4 is 11.6 Å². The number of benzene rings is 2. The minimum absolute atomic E-state index is 0.149. The Morgan fingerprint density at radius 1 is 1.00 bits per heavy atom. The Kier molecular flexibility index (Phi) is 6.20. The number of ether oxygens (including phenoxy) is 2. The van der Waals surface area contributed by atoms with Crippen LogP contribution in [0.4, 0.5) is 18.9 Å². The maximum absolute atomic E-state index is 12.9. The predicted molar refractivity (Wildman–Crippen MR) is 103 cm³/mol. The fourth-order valence-electron chi connectivity index (χ4n) is 3.23. The lowest BCUT2D eigenvalue weighted by molar-refractivity contribution is -0.138. The van der Waals surface area contributed by atoms with Crippen molar-refractivity contribution in [2.24, 2.45) is 0 Å². The van der Waals surface area contributed by atoms with Gasteiger partial charge >= 0.3 is 6.18 Å². The van der Waals surface area contributed by atoms with Crippen LogP contribution < -0.4 is 14.4 Å². The number of rotatable bonds is 5. The summed E-state index contributed by atoms with van der Waals surface area (Å²) in [6.45, 7) is 3.45. The highest BCUT2D eigenvalue weighted by atomic mass is 19.4. The predicted octanol–water partition coefficient (Wildman–Crippen LogP) is 3.83. The van der Waals surface area contributed by atoms with E-state index in [1.165, 1.54) is 6.07 Å². The Hall–Kier alpha value is -2.90. The maximum atomic E-state index is 12.9. The summed E-state index contributed by atoms with van der Waals surface area (Å²) < 4.78 is 49.6. The molecule has 0 spiro atoms. The van der Waals surface area contributed by atoms with E-state index in [1.807, 2.05) is 4.90 Å². The topological polar surface area (TPSA) is 42.0 Å². The van der Waals surface area contributed by atoms with Gasteiger partial charge in [-0.1, -0.05) is 6.07 Å². The Bertz CT molecular complexity index is 832. The van der Waals surface area contributed by atoms with Gasteiger partial charge in [-0.05, 0) is 49.4 Å². The zero-order valence-electron chi connectivity index (χ0n) is 16.3. The molecule has 8 heteroatoms. The van der Waals surface area contributed by atoms with Crippen LogP contribution in [-0.4, -0.2) is 50.2 Å². The molecule has 1 fully saturated rings. The quantitative estimate of drug-likeness (QED) is 0.754. The highest BCUT2D eigenvalue weighted by Crippen LogP contribution is 2.32. The van der Waals surface area contributed by atoms with Gasteiger partial charge in [-0.3, -0.25) is 4.79 Å². The second-order valence-corrected chi connectivity index (χ2v) is 6.80. The van der Waals surface area contributed by atoms with E-state index < -0.39 is 17.8 Å². The van der Waals surface area contributed by atoms with E-state index in [4.69, 9.17) is 9.47 Å². The number of amides is 1. The lowest BCUT2D eigenvalue weighted by Crippen LogP contribution is -2.52. The molecule has 1 atom stereocenters. The third-order valence-electron chi connectivity index (χ3n) is 4.85. The number of methoxy groups -OCH3 is 1. The zero-order chi connectivity index (χ0) is 21.0. The molecule has 1 heterocycles. The average molecular weight is 408 g/mol. The van der Waals surface area contributed by atoms with Crippen LogP contribution in [0.25, 0.3) is 0 Å². The Morgan fingerprint density at radius 2 is 1.62 bits per heavy atom. The van der Waals surface area contributed by atoms with Crippen molar-refractivity contribution in [1.82, 2.24) is 4.90 Å². The molecule has 3 rings (SSSR count). The van der Waals surface area contributed by atoms with Crippen LogP contribution >= 0.6 is 0 Å². The third-order valence-corrected chi connectivity index (χ3v) is 4.85. The third kappa shape index (κ3) is 5.13. The number of anilines is 1. The Morgan fingerprint density at radius 3 is 2.21 bits per heavy atom. The summed E-state index contributed by atoms with van der Waals surface area (Å²) in [6.07, 6.45) is -5.04. The van der Waals surface area contributed by atoms with E-state index in [2.05, 4.69) is 0 Å². The molecule has 0 radical (unpaired) electrons. The monoisotopic (exact) mass is 408 g/mol.